The molecule has 0 bridgehead atoms. The fourth-order valence-electron chi connectivity index (χ4n) is 2.73. The lowest BCUT2D eigenvalue weighted by Gasteiger charge is -2.29. The highest BCUT2D eigenvalue weighted by Gasteiger charge is 2.35. The zero-order valence-electron chi connectivity index (χ0n) is 17.0. The summed E-state index contributed by atoms with van der Waals surface area (Å²) < 4.78 is 0. The van der Waals surface area contributed by atoms with Gasteiger partial charge in [0, 0.05) is 12.3 Å². The van der Waals surface area contributed by atoms with Crippen LogP contribution in [0.15, 0.2) is 42.7 Å². The first-order valence-corrected chi connectivity index (χ1v) is 9.35. The van der Waals surface area contributed by atoms with Crippen molar-refractivity contribution in [1.82, 2.24) is 10.9 Å². The van der Waals surface area contributed by atoms with E-state index < -0.39 is 29.3 Å². The second-order valence-corrected chi connectivity index (χ2v) is 7.25. The Labute approximate surface area is 170 Å². The van der Waals surface area contributed by atoms with Crippen LogP contribution in [0.5, 0.6) is 11.5 Å². The van der Waals surface area contributed by atoms with Crippen LogP contribution in [0.2, 0.25) is 0 Å². The van der Waals surface area contributed by atoms with Gasteiger partial charge in [-0.3, -0.25) is 15.0 Å². The minimum Gasteiger partial charge on any atom is -0.513 e. The Hall–Kier alpha value is -3.00. The molecular weight excluding hydrogens is 376 g/mol. The van der Waals surface area contributed by atoms with Crippen molar-refractivity contribution >= 4 is 11.9 Å². The van der Waals surface area contributed by atoms with Gasteiger partial charge in [-0.05, 0) is 37.5 Å². The van der Waals surface area contributed by atoms with Crippen molar-refractivity contribution in [2.45, 2.75) is 45.6 Å². The number of hydrazine groups is 1. The summed E-state index contributed by atoms with van der Waals surface area (Å²) in [6.45, 7) is 8.50. The number of carboxylic acid groups (broad SMARTS) is 1. The van der Waals surface area contributed by atoms with E-state index in [-0.39, 0.29) is 23.7 Å². The predicted octanol–water partition coefficient (Wildman–Crippen LogP) is 2.78. The van der Waals surface area contributed by atoms with E-state index in [1.165, 1.54) is 25.1 Å². The van der Waals surface area contributed by atoms with Crippen LogP contribution in [0.4, 0.5) is 0 Å². The highest BCUT2D eigenvalue weighted by molar-refractivity contribution is 5.82. The van der Waals surface area contributed by atoms with Crippen LogP contribution in [0, 0.1) is 11.8 Å². The minimum atomic E-state index is -1.58. The molecule has 1 aromatic rings. The van der Waals surface area contributed by atoms with Gasteiger partial charge in [0.25, 0.3) is 0 Å². The maximum Gasteiger partial charge on any atom is 0.325 e. The monoisotopic (exact) mass is 406 g/mol. The summed E-state index contributed by atoms with van der Waals surface area (Å²) in [5.74, 6) is -3.66. The fraction of sp³-hybridized carbons (Fsp3) is 0.429. The number of phenolic OH excluding ortho intramolecular Hbond substituents is 2. The Balaban J connectivity index is 2.94. The van der Waals surface area contributed by atoms with E-state index in [2.05, 4.69) is 17.4 Å². The van der Waals surface area contributed by atoms with E-state index in [0.29, 0.717) is 12.0 Å². The Morgan fingerprint density at radius 1 is 1.21 bits per heavy atom. The Bertz CT molecular complexity index is 776. The molecule has 0 aliphatic heterocycles. The summed E-state index contributed by atoms with van der Waals surface area (Å²) in [6.07, 6.45) is 4.83. The van der Waals surface area contributed by atoms with Crippen LogP contribution in [0.1, 0.15) is 39.2 Å². The molecule has 0 radical (unpaired) electrons. The molecule has 3 unspecified atom stereocenters. The molecule has 29 heavy (non-hydrogen) atoms. The number of allylic oxidation sites excluding steroid dienone is 3. The predicted molar refractivity (Wildman–Crippen MR) is 109 cm³/mol. The number of carbonyl (C=O) groups excluding carboxylic acids is 1. The van der Waals surface area contributed by atoms with Gasteiger partial charge in [-0.1, -0.05) is 38.6 Å². The van der Waals surface area contributed by atoms with Crippen molar-refractivity contribution in [3.8, 4) is 11.5 Å². The lowest BCUT2D eigenvalue weighted by Crippen LogP contribution is -2.59. The highest BCUT2D eigenvalue weighted by Crippen LogP contribution is 2.27. The maximum atomic E-state index is 12.7. The number of carbonyl (C=O) groups is 2. The number of nitrogens with one attached hydrogen (secondary N) is 2. The first kappa shape index (κ1) is 24.0. The Kier molecular flexibility index (Phi) is 8.72. The molecule has 3 atom stereocenters. The molecule has 8 heteroatoms. The number of carboxylic acids is 1. The molecule has 0 aliphatic carbocycles. The topological polar surface area (TPSA) is 139 Å². The van der Waals surface area contributed by atoms with Gasteiger partial charge in [0.2, 0.25) is 5.91 Å². The summed E-state index contributed by atoms with van der Waals surface area (Å²) in [7, 11) is 0. The molecule has 0 saturated heterocycles. The number of phenols is 2. The van der Waals surface area contributed by atoms with Crippen molar-refractivity contribution in [3.05, 3.63) is 48.3 Å². The Morgan fingerprint density at radius 3 is 2.38 bits per heavy atom. The van der Waals surface area contributed by atoms with E-state index in [9.17, 15) is 30.0 Å². The lowest BCUT2D eigenvalue weighted by atomic mass is 9.88. The molecule has 1 rings (SSSR count). The number of amides is 1. The van der Waals surface area contributed by atoms with E-state index in [1.54, 1.807) is 6.92 Å². The lowest BCUT2D eigenvalue weighted by molar-refractivity contribution is -0.145. The average Bonchev–Trinajstić information content (AvgIpc) is 2.65. The minimum absolute atomic E-state index is 0.0703. The van der Waals surface area contributed by atoms with Gasteiger partial charge in [0.1, 0.15) is 5.54 Å². The average molecular weight is 406 g/mol. The fourth-order valence-corrected chi connectivity index (χ4v) is 2.73. The van der Waals surface area contributed by atoms with Crippen LogP contribution >= 0.6 is 0 Å². The van der Waals surface area contributed by atoms with Crippen LogP contribution in [0.3, 0.4) is 0 Å². The third-order valence-corrected chi connectivity index (χ3v) is 4.79. The van der Waals surface area contributed by atoms with Gasteiger partial charge >= 0.3 is 5.97 Å². The molecule has 8 nitrogen and oxygen atoms in total. The maximum absolute atomic E-state index is 12.7. The number of aliphatic carboxylic acids is 1. The van der Waals surface area contributed by atoms with Gasteiger partial charge < -0.3 is 20.4 Å². The molecule has 0 saturated carbocycles. The van der Waals surface area contributed by atoms with Gasteiger partial charge in [-0.2, -0.15) is 0 Å². The molecule has 160 valence electrons. The smallest absolute Gasteiger partial charge is 0.325 e. The van der Waals surface area contributed by atoms with Crippen LogP contribution in [-0.4, -0.2) is 37.8 Å². The van der Waals surface area contributed by atoms with Crippen molar-refractivity contribution in [3.63, 3.8) is 0 Å². The van der Waals surface area contributed by atoms with Crippen molar-refractivity contribution < 1.29 is 30.0 Å². The van der Waals surface area contributed by atoms with Gasteiger partial charge in [-0.25, -0.2) is 5.43 Å². The molecule has 0 aliphatic rings. The number of aliphatic hydroxyl groups is 1. The van der Waals surface area contributed by atoms with E-state index in [4.69, 9.17) is 0 Å². The quantitative estimate of drug-likeness (QED) is 0.144. The summed E-state index contributed by atoms with van der Waals surface area (Å²) in [4.78, 5) is 24.5. The normalized spacial score (nSPS) is 15.4. The summed E-state index contributed by atoms with van der Waals surface area (Å²) in [6, 6.07) is 4.00. The molecule has 0 aromatic heterocycles. The third-order valence-electron chi connectivity index (χ3n) is 4.79. The van der Waals surface area contributed by atoms with Gasteiger partial charge in [0.05, 0.1) is 11.7 Å². The van der Waals surface area contributed by atoms with Gasteiger partial charge in [-0.15, -0.1) is 0 Å². The molecule has 0 spiro atoms. The SMILES string of the molecule is C=C(O)C(C)C(C/C=C/CC)C(=O)NNC(C)(Cc1ccc(O)c(O)c1)C(=O)O. The van der Waals surface area contributed by atoms with Crippen molar-refractivity contribution in [2.75, 3.05) is 0 Å². The molecular formula is C21H30N2O6. The largest absolute Gasteiger partial charge is 0.513 e. The first-order valence-electron chi connectivity index (χ1n) is 9.35. The van der Waals surface area contributed by atoms with Crippen molar-refractivity contribution in [1.29, 1.82) is 0 Å². The number of benzene rings is 1. The standard InChI is InChI=1S/C21H30N2O6/c1-5-6-7-8-16(13(2)14(3)24)19(27)22-23-21(4,20(28)29)12-15-9-10-17(25)18(26)11-15/h6-7,9-11,13,16,23-26H,3,5,8,12H2,1-2,4H3,(H,22,27)(H,28,29)/b7-6+. The van der Waals surface area contributed by atoms with Crippen molar-refractivity contribution in [2.24, 2.45) is 11.8 Å². The zero-order valence-corrected chi connectivity index (χ0v) is 17.0. The van der Waals surface area contributed by atoms with Crippen LogP contribution < -0.4 is 10.9 Å². The van der Waals surface area contributed by atoms with Crippen LogP contribution in [-0.2, 0) is 16.0 Å². The zero-order chi connectivity index (χ0) is 22.2. The van der Waals surface area contributed by atoms with E-state index in [1.807, 2.05) is 19.1 Å². The first-order chi connectivity index (χ1) is 13.5. The van der Waals surface area contributed by atoms with Gasteiger partial charge in [0.15, 0.2) is 11.5 Å². The summed E-state index contributed by atoms with van der Waals surface area (Å²) in [5, 5.41) is 38.4. The number of aromatic hydroxyl groups is 2. The van der Waals surface area contributed by atoms with Crippen LogP contribution in [0.25, 0.3) is 0 Å². The number of hydrogen-bond donors (Lipinski definition) is 6. The van der Waals surface area contributed by atoms with E-state index >= 15 is 0 Å². The molecule has 0 heterocycles. The van der Waals surface area contributed by atoms with E-state index in [0.717, 1.165) is 6.42 Å². The molecule has 0 fully saturated rings. The molecule has 6 N–H and O–H groups in total. The summed E-state index contributed by atoms with van der Waals surface area (Å²) >= 11 is 0. The number of aliphatic hydroxyl groups excluding tert-OH is 1. The summed E-state index contributed by atoms with van der Waals surface area (Å²) in [5.41, 5.74) is 3.88. The Morgan fingerprint density at radius 2 is 1.86 bits per heavy atom. The second-order valence-electron chi connectivity index (χ2n) is 7.25. The second kappa shape index (κ2) is 10.5. The number of hydrogen-bond acceptors (Lipinski definition) is 6. The molecule has 1 aromatic carbocycles. The molecule has 1 amide bonds. The third kappa shape index (κ3) is 6.83. The number of rotatable bonds is 11. The highest BCUT2D eigenvalue weighted by atomic mass is 16.4.